The second kappa shape index (κ2) is 10.4. The van der Waals surface area contributed by atoms with Crippen LogP contribution in [-0.2, 0) is 4.79 Å². The average Bonchev–Trinajstić information content (AvgIpc) is 2.78. The molecule has 1 unspecified atom stereocenters. The third-order valence-electron chi connectivity index (χ3n) is 6.06. The average molecular weight is 408 g/mol. The Labute approximate surface area is 180 Å². The van der Waals surface area contributed by atoms with Crippen molar-refractivity contribution in [3.05, 3.63) is 71.3 Å². The van der Waals surface area contributed by atoms with E-state index in [2.05, 4.69) is 24.1 Å². The van der Waals surface area contributed by atoms with Gasteiger partial charge in [0.2, 0.25) is 5.91 Å². The van der Waals surface area contributed by atoms with Gasteiger partial charge in [-0.2, -0.15) is 0 Å². The van der Waals surface area contributed by atoms with Gasteiger partial charge in [-0.05, 0) is 50.0 Å². The highest BCUT2D eigenvalue weighted by Gasteiger charge is 2.32. The Morgan fingerprint density at radius 1 is 1.00 bits per heavy atom. The Hall–Kier alpha value is -2.66. The van der Waals surface area contributed by atoms with Crippen LogP contribution in [-0.4, -0.2) is 53.8 Å². The van der Waals surface area contributed by atoms with Crippen LogP contribution >= 0.6 is 0 Å². The summed E-state index contributed by atoms with van der Waals surface area (Å²) in [6.07, 6.45) is 1.56. The highest BCUT2D eigenvalue weighted by molar-refractivity contribution is 5.95. The lowest BCUT2D eigenvalue weighted by Gasteiger charge is -2.37. The number of carbonyl (C=O) groups is 2. The third kappa shape index (κ3) is 5.08. The molecule has 1 N–H and O–H groups in total. The number of hydrogen-bond donors (Lipinski definition) is 1. The fourth-order valence-electron chi connectivity index (χ4n) is 4.24. The van der Waals surface area contributed by atoms with Crippen molar-refractivity contribution < 1.29 is 9.59 Å². The van der Waals surface area contributed by atoms with Crippen LogP contribution in [0.2, 0.25) is 0 Å². The van der Waals surface area contributed by atoms with Gasteiger partial charge in [0.15, 0.2) is 0 Å². The first-order chi connectivity index (χ1) is 14.5. The molecule has 1 aliphatic heterocycles. The Balaban J connectivity index is 1.63. The summed E-state index contributed by atoms with van der Waals surface area (Å²) >= 11 is 0. The molecule has 0 radical (unpaired) electrons. The minimum absolute atomic E-state index is 0.0248. The highest BCUT2D eigenvalue weighted by Crippen LogP contribution is 2.25. The summed E-state index contributed by atoms with van der Waals surface area (Å²) in [4.78, 5) is 30.2. The maximum atomic E-state index is 13.4. The monoisotopic (exact) mass is 407 g/mol. The quantitative estimate of drug-likeness (QED) is 0.760. The molecule has 30 heavy (non-hydrogen) atoms. The fraction of sp³-hybridized carbons (Fsp3) is 0.440. The number of rotatable bonds is 7. The van der Waals surface area contributed by atoms with Crippen LogP contribution in [0, 0.1) is 6.92 Å². The Morgan fingerprint density at radius 3 is 2.20 bits per heavy atom. The molecule has 3 rings (SSSR count). The van der Waals surface area contributed by atoms with Crippen molar-refractivity contribution in [2.45, 2.75) is 45.7 Å². The molecule has 1 atom stereocenters. The predicted molar refractivity (Wildman–Crippen MR) is 120 cm³/mol. The third-order valence-corrected chi connectivity index (χ3v) is 6.06. The SMILES string of the molecule is CCN(CC)C(C(=O)N1CCC(NC(=O)c2ccccc2C)CC1)c1ccccc1. The normalized spacial score (nSPS) is 15.8. The first kappa shape index (κ1) is 22.0. The van der Waals surface area contributed by atoms with Crippen LogP contribution in [0.1, 0.15) is 54.2 Å². The molecule has 2 aromatic carbocycles. The van der Waals surface area contributed by atoms with Crippen LogP contribution in [0.5, 0.6) is 0 Å². The molecule has 0 bridgehead atoms. The van der Waals surface area contributed by atoms with E-state index in [1.165, 1.54) is 0 Å². The van der Waals surface area contributed by atoms with E-state index in [0.29, 0.717) is 13.1 Å². The number of piperidine rings is 1. The van der Waals surface area contributed by atoms with Gasteiger partial charge in [0.1, 0.15) is 6.04 Å². The second-order valence-corrected chi connectivity index (χ2v) is 7.92. The van der Waals surface area contributed by atoms with Crippen LogP contribution in [0.3, 0.4) is 0 Å². The zero-order chi connectivity index (χ0) is 21.5. The molecule has 2 aromatic rings. The van der Waals surface area contributed by atoms with Gasteiger partial charge in [-0.3, -0.25) is 14.5 Å². The predicted octanol–water partition coefficient (Wildman–Crippen LogP) is 3.80. The van der Waals surface area contributed by atoms with Crippen LogP contribution in [0.4, 0.5) is 0 Å². The molecule has 1 fully saturated rings. The van der Waals surface area contributed by atoms with E-state index in [1.807, 2.05) is 66.4 Å². The first-order valence-electron chi connectivity index (χ1n) is 11.0. The van der Waals surface area contributed by atoms with E-state index in [-0.39, 0.29) is 23.9 Å². The van der Waals surface area contributed by atoms with Crippen molar-refractivity contribution in [1.29, 1.82) is 0 Å². The van der Waals surface area contributed by atoms with Crippen LogP contribution < -0.4 is 5.32 Å². The van der Waals surface area contributed by atoms with Gasteiger partial charge >= 0.3 is 0 Å². The molecule has 0 saturated carbocycles. The number of carbonyl (C=O) groups excluding carboxylic acids is 2. The van der Waals surface area contributed by atoms with Crippen molar-refractivity contribution in [1.82, 2.24) is 15.1 Å². The molecule has 5 nitrogen and oxygen atoms in total. The van der Waals surface area contributed by atoms with E-state index in [0.717, 1.165) is 42.6 Å². The van der Waals surface area contributed by atoms with E-state index in [1.54, 1.807) is 0 Å². The van der Waals surface area contributed by atoms with Gasteiger partial charge in [-0.25, -0.2) is 0 Å². The molecule has 0 aromatic heterocycles. The molecule has 2 amide bonds. The Bertz CT molecular complexity index is 840. The van der Waals surface area contributed by atoms with E-state index in [9.17, 15) is 9.59 Å². The number of nitrogens with zero attached hydrogens (tertiary/aromatic N) is 2. The van der Waals surface area contributed by atoms with Crippen molar-refractivity contribution in [3.8, 4) is 0 Å². The molecule has 0 aliphatic carbocycles. The Morgan fingerprint density at radius 2 is 1.60 bits per heavy atom. The minimum atomic E-state index is -0.251. The van der Waals surface area contributed by atoms with E-state index in [4.69, 9.17) is 0 Å². The molecule has 5 heteroatoms. The topological polar surface area (TPSA) is 52.7 Å². The molecular formula is C25H33N3O2. The molecular weight excluding hydrogens is 374 g/mol. The summed E-state index contributed by atoms with van der Waals surface area (Å²) < 4.78 is 0. The lowest BCUT2D eigenvalue weighted by molar-refractivity contribution is -0.138. The summed E-state index contributed by atoms with van der Waals surface area (Å²) in [7, 11) is 0. The number of aryl methyl sites for hydroxylation is 1. The van der Waals surface area contributed by atoms with E-state index >= 15 is 0 Å². The number of nitrogens with one attached hydrogen (secondary N) is 1. The summed E-state index contributed by atoms with van der Waals surface area (Å²) in [6, 6.07) is 17.5. The van der Waals surface area contributed by atoms with Gasteiger partial charge in [-0.15, -0.1) is 0 Å². The summed E-state index contributed by atoms with van der Waals surface area (Å²) in [5, 5.41) is 3.15. The minimum Gasteiger partial charge on any atom is -0.349 e. The van der Waals surface area contributed by atoms with Crippen molar-refractivity contribution in [2.24, 2.45) is 0 Å². The lowest BCUT2D eigenvalue weighted by Crippen LogP contribution is -2.50. The van der Waals surface area contributed by atoms with Gasteiger partial charge in [-0.1, -0.05) is 62.4 Å². The van der Waals surface area contributed by atoms with Crippen molar-refractivity contribution >= 4 is 11.8 Å². The maximum absolute atomic E-state index is 13.4. The lowest BCUT2D eigenvalue weighted by atomic mass is 9.99. The number of benzene rings is 2. The molecule has 1 heterocycles. The van der Waals surface area contributed by atoms with Gasteiger partial charge < -0.3 is 10.2 Å². The highest BCUT2D eigenvalue weighted by atomic mass is 16.2. The summed E-state index contributed by atoms with van der Waals surface area (Å²) in [5.41, 5.74) is 2.75. The smallest absolute Gasteiger partial charge is 0.251 e. The van der Waals surface area contributed by atoms with Crippen molar-refractivity contribution in [2.75, 3.05) is 26.2 Å². The first-order valence-corrected chi connectivity index (χ1v) is 11.0. The van der Waals surface area contributed by atoms with Gasteiger partial charge in [0.05, 0.1) is 0 Å². The van der Waals surface area contributed by atoms with E-state index < -0.39 is 0 Å². The number of likely N-dealkylation sites (N-methyl/N-ethyl adjacent to an activating group) is 1. The molecule has 1 saturated heterocycles. The van der Waals surface area contributed by atoms with Crippen molar-refractivity contribution in [3.63, 3.8) is 0 Å². The number of likely N-dealkylation sites (tertiary alicyclic amines) is 1. The largest absolute Gasteiger partial charge is 0.349 e. The fourth-order valence-corrected chi connectivity index (χ4v) is 4.24. The zero-order valence-corrected chi connectivity index (χ0v) is 18.3. The molecule has 1 aliphatic rings. The molecule has 0 spiro atoms. The second-order valence-electron chi connectivity index (χ2n) is 7.92. The number of hydrogen-bond acceptors (Lipinski definition) is 3. The van der Waals surface area contributed by atoms with Crippen LogP contribution in [0.25, 0.3) is 0 Å². The van der Waals surface area contributed by atoms with Crippen LogP contribution in [0.15, 0.2) is 54.6 Å². The van der Waals surface area contributed by atoms with Gasteiger partial charge in [0, 0.05) is 24.7 Å². The molecule has 160 valence electrons. The number of amides is 2. The standard InChI is InChI=1S/C25H33N3O2/c1-4-27(5-2)23(20-12-7-6-8-13-20)25(30)28-17-15-21(16-18-28)26-24(29)22-14-10-9-11-19(22)3/h6-14,21,23H,4-5,15-18H2,1-3H3,(H,26,29). The zero-order valence-electron chi connectivity index (χ0n) is 18.3. The van der Waals surface area contributed by atoms with Gasteiger partial charge in [0.25, 0.3) is 5.91 Å². The summed E-state index contributed by atoms with van der Waals surface area (Å²) in [6.45, 7) is 9.13. The Kier molecular flexibility index (Phi) is 7.63. The maximum Gasteiger partial charge on any atom is 0.251 e. The summed E-state index contributed by atoms with van der Waals surface area (Å²) in [5.74, 6) is 0.136.